The molecule has 2 fully saturated rings. The van der Waals surface area contributed by atoms with Crippen molar-refractivity contribution in [2.24, 2.45) is 0 Å². The zero-order valence-electron chi connectivity index (χ0n) is 24.8. The van der Waals surface area contributed by atoms with Crippen molar-refractivity contribution in [3.05, 3.63) is 46.8 Å². The van der Waals surface area contributed by atoms with Gasteiger partial charge in [0.05, 0.1) is 34.6 Å². The van der Waals surface area contributed by atoms with Crippen LogP contribution in [0.5, 0.6) is 5.75 Å². The van der Waals surface area contributed by atoms with Crippen molar-refractivity contribution >= 4 is 45.2 Å². The van der Waals surface area contributed by atoms with Crippen molar-refractivity contribution in [3.8, 4) is 17.6 Å². The molecule has 3 heterocycles. The molecular formula is C32H39F3N3O3PS. The first-order valence-corrected chi connectivity index (χ1v) is 18.1. The highest BCUT2D eigenvalue weighted by molar-refractivity contribution is 7.70. The lowest BCUT2D eigenvalue weighted by atomic mass is 9.99. The maximum Gasteiger partial charge on any atom is 0.273 e. The molecule has 0 saturated carbocycles. The second-order valence-electron chi connectivity index (χ2n) is 11.5. The molecule has 2 aliphatic heterocycles. The van der Waals surface area contributed by atoms with Crippen LogP contribution in [-0.4, -0.2) is 76.7 Å². The average Bonchev–Trinajstić information content (AvgIpc) is 3.38. The van der Waals surface area contributed by atoms with E-state index >= 15 is 0 Å². The molecule has 2 N–H and O–H groups in total. The predicted molar refractivity (Wildman–Crippen MR) is 171 cm³/mol. The topological polar surface area (TPSA) is 62.8 Å². The molecular weight excluding hydrogens is 594 g/mol. The average molecular weight is 634 g/mol. The lowest BCUT2D eigenvalue weighted by molar-refractivity contribution is 0.0262. The number of nitrogens with one attached hydrogen (secondary N) is 2. The first kappa shape index (κ1) is 31.7. The zero-order valence-corrected chi connectivity index (χ0v) is 26.5. The second kappa shape index (κ2) is 13.9. The van der Waals surface area contributed by atoms with Gasteiger partial charge in [-0.25, -0.2) is 13.2 Å². The fourth-order valence-corrected chi connectivity index (χ4v) is 7.90. The second-order valence-corrected chi connectivity index (χ2v) is 15.7. The summed E-state index contributed by atoms with van der Waals surface area (Å²) in [6.45, 7) is 7.21. The summed E-state index contributed by atoms with van der Waals surface area (Å²) in [6.07, 6.45) is -1.49. The number of rotatable bonds is 9. The number of halogens is 3. The van der Waals surface area contributed by atoms with Gasteiger partial charge >= 0.3 is 0 Å². The number of hydrogen-bond donors (Lipinski definition) is 2. The van der Waals surface area contributed by atoms with Gasteiger partial charge < -0.3 is 29.6 Å². The van der Waals surface area contributed by atoms with Crippen molar-refractivity contribution in [2.75, 3.05) is 63.9 Å². The molecule has 0 radical (unpaired) electrons. The predicted octanol–water partition coefficient (Wildman–Crippen LogP) is 6.95. The maximum absolute atomic E-state index is 15.0. The highest BCUT2D eigenvalue weighted by atomic mass is 32.1. The van der Waals surface area contributed by atoms with E-state index in [4.69, 9.17) is 9.47 Å². The number of anilines is 2. The number of alkyl halides is 3. The number of fused-ring (bicyclic) bond motifs is 1. The van der Waals surface area contributed by atoms with Crippen molar-refractivity contribution in [2.45, 2.75) is 50.4 Å². The van der Waals surface area contributed by atoms with E-state index in [1.54, 1.807) is 43.7 Å². The van der Waals surface area contributed by atoms with Gasteiger partial charge in [-0.3, -0.25) is 0 Å². The lowest BCUT2D eigenvalue weighted by Gasteiger charge is -2.39. The van der Waals surface area contributed by atoms with Crippen molar-refractivity contribution < 1.29 is 27.2 Å². The molecule has 1 unspecified atom stereocenters. The van der Waals surface area contributed by atoms with Crippen LogP contribution in [0, 0.1) is 11.8 Å². The molecule has 5 rings (SSSR count). The fraction of sp³-hybridized carbons (Fsp3) is 0.500. The Morgan fingerprint density at radius 2 is 1.84 bits per heavy atom. The monoisotopic (exact) mass is 633 g/mol. The molecule has 2 aliphatic rings. The van der Waals surface area contributed by atoms with Crippen LogP contribution in [0.1, 0.15) is 42.3 Å². The molecule has 1 aromatic heterocycles. The van der Waals surface area contributed by atoms with Crippen LogP contribution in [0.3, 0.4) is 0 Å². The van der Waals surface area contributed by atoms with E-state index in [9.17, 15) is 17.7 Å². The SMILES string of the molecule is COc1cc(P(C)(C)=O)ccc1NCC#Cc1sc2c(NC3CCN(C4CCOCC4)CC3)cccc2c1C(F)C(F)F. The van der Waals surface area contributed by atoms with Crippen molar-refractivity contribution in [1.82, 2.24) is 4.90 Å². The van der Waals surface area contributed by atoms with Crippen LogP contribution in [0.25, 0.3) is 10.1 Å². The van der Waals surface area contributed by atoms with Gasteiger partial charge in [0.2, 0.25) is 0 Å². The van der Waals surface area contributed by atoms with Crippen LogP contribution >= 0.6 is 18.5 Å². The van der Waals surface area contributed by atoms with E-state index in [1.807, 2.05) is 6.07 Å². The van der Waals surface area contributed by atoms with E-state index in [0.29, 0.717) is 33.0 Å². The third kappa shape index (κ3) is 7.51. The Hall–Kier alpha value is -2.70. The quantitative estimate of drug-likeness (QED) is 0.197. The molecule has 11 heteroatoms. The molecule has 43 heavy (non-hydrogen) atoms. The van der Waals surface area contributed by atoms with Crippen LogP contribution in [0.2, 0.25) is 0 Å². The third-order valence-corrected chi connectivity index (χ3v) is 10.9. The first-order chi connectivity index (χ1) is 20.7. The highest BCUT2D eigenvalue weighted by Gasteiger charge is 2.30. The zero-order chi connectivity index (χ0) is 30.6. The Balaban J connectivity index is 1.33. The summed E-state index contributed by atoms with van der Waals surface area (Å²) in [5.41, 5.74) is 1.44. The van der Waals surface area contributed by atoms with Crippen molar-refractivity contribution in [3.63, 3.8) is 0 Å². The molecule has 2 aromatic carbocycles. The van der Waals surface area contributed by atoms with E-state index in [0.717, 1.165) is 62.4 Å². The number of nitrogens with zero attached hydrogens (tertiary/aromatic N) is 1. The number of methoxy groups -OCH3 is 1. The van der Waals surface area contributed by atoms with E-state index in [-0.39, 0.29) is 18.2 Å². The van der Waals surface area contributed by atoms with Crippen LogP contribution in [0.4, 0.5) is 24.5 Å². The molecule has 0 bridgehead atoms. The Bertz CT molecular complexity index is 1520. The minimum absolute atomic E-state index is 0.0518. The minimum Gasteiger partial charge on any atom is -0.495 e. The van der Waals surface area contributed by atoms with Gasteiger partial charge in [-0.2, -0.15) is 0 Å². The first-order valence-electron chi connectivity index (χ1n) is 14.7. The van der Waals surface area contributed by atoms with Crippen LogP contribution in [-0.2, 0) is 9.30 Å². The van der Waals surface area contributed by atoms with Gasteiger partial charge in [-0.15, -0.1) is 11.3 Å². The van der Waals surface area contributed by atoms with Gasteiger partial charge in [0.15, 0.2) is 6.17 Å². The Kier molecular flexibility index (Phi) is 10.3. The summed E-state index contributed by atoms with van der Waals surface area (Å²) in [4.78, 5) is 2.85. The standard InChI is InChI=1S/C32H39F3N3O3PS/c1-40-27-20-23(42(2,3)39)9-10-25(27)36-15-5-8-28-29(30(33)32(34)35)24-6-4-7-26(31(24)43-28)37-21-11-16-38(17-12-21)22-13-18-41-19-14-22/h4,6-7,9-10,20-22,30,32,36-37H,11-19H2,1-3H3. The van der Waals surface area contributed by atoms with Crippen molar-refractivity contribution in [1.29, 1.82) is 0 Å². The summed E-state index contributed by atoms with van der Waals surface area (Å²) in [6, 6.07) is 11.5. The number of hydrogen-bond acceptors (Lipinski definition) is 7. The highest BCUT2D eigenvalue weighted by Crippen LogP contribution is 2.42. The third-order valence-electron chi connectivity index (χ3n) is 8.22. The lowest BCUT2D eigenvalue weighted by Crippen LogP contribution is -2.46. The molecule has 6 nitrogen and oxygen atoms in total. The maximum atomic E-state index is 15.0. The van der Waals surface area contributed by atoms with Gasteiger partial charge in [0, 0.05) is 54.6 Å². The summed E-state index contributed by atoms with van der Waals surface area (Å²) >= 11 is 1.25. The molecule has 1 atom stereocenters. The smallest absolute Gasteiger partial charge is 0.273 e. The van der Waals surface area contributed by atoms with E-state index < -0.39 is 19.7 Å². The Morgan fingerprint density at radius 3 is 2.51 bits per heavy atom. The van der Waals surface area contributed by atoms with Gasteiger partial charge in [0.1, 0.15) is 12.9 Å². The fourth-order valence-electron chi connectivity index (χ4n) is 5.85. The van der Waals surface area contributed by atoms with Crippen LogP contribution in [0.15, 0.2) is 36.4 Å². The van der Waals surface area contributed by atoms with E-state index in [1.165, 1.54) is 18.4 Å². The molecule has 0 amide bonds. The number of likely N-dealkylation sites (tertiary alicyclic amines) is 1. The molecule has 0 aliphatic carbocycles. The Labute approximate surface area is 255 Å². The summed E-state index contributed by atoms with van der Waals surface area (Å²) < 4.78 is 66.5. The summed E-state index contributed by atoms with van der Waals surface area (Å²) in [5.74, 6) is 6.46. The normalized spacial score (nSPS) is 17.9. The number of thiophene rings is 1. The molecule has 0 spiro atoms. The summed E-state index contributed by atoms with van der Waals surface area (Å²) in [5, 5.41) is 7.96. The van der Waals surface area contributed by atoms with Gasteiger partial charge in [-0.1, -0.05) is 24.0 Å². The number of ether oxygens (including phenoxy) is 2. The molecule has 232 valence electrons. The van der Waals surface area contributed by atoms with Gasteiger partial charge in [-0.05, 0) is 63.3 Å². The number of benzene rings is 2. The largest absolute Gasteiger partial charge is 0.495 e. The number of piperidine rings is 1. The minimum atomic E-state index is -3.15. The molecule has 2 saturated heterocycles. The van der Waals surface area contributed by atoms with Crippen LogP contribution < -0.4 is 20.7 Å². The van der Waals surface area contributed by atoms with Gasteiger partial charge in [0.25, 0.3) is 6.43 Å². The Morgan fingerprint density at radius 1 is 1.09 bits per heavy atom. The summed E-state index contributed by atoms with van der Waals surface area (Å²) in [7, 11) is -0.925. The molecule has 3 aromatic rings. The van der Waals surface area contributed by atoms with E-state index in [2.05, 4.69) is 27.4 Å².